The summed E-state index contributed by atoms with van der Waals surface area (Å²) in [5.74, 6) is 0.671. The number of rotatable bonds is 7. The topological polar surface area (TPSA) is 75.9 Å². The standard InChI is InChI=1S/C20H25N3O4/c1-4-8-22(9-5-2)20(25)15-12-27-18(21-15)11-23-16-10-14(3)6-7-17(16)26-13-19(23)24/h6-7,10,12H,4-5,8-9,11,13H2,1-3H3. The molecule has 1 aliphatic heterocycles. The van der Waals surface area contributed by atoms with E-state index in [4.69, 9.17) is 9.15 Å². The van der Waals surface area contributed by atoms with Crippen LogP contribution in [-0.4, -0.2) is 41.4 Å². The largest absolute Gasteiger partial charge is 0.482 e. The van der Waals surface area contributed by atoms with Crippen molar-refractivity contribution in [2.24, 2.45) is 0 Å². The second-order valence-corrected chi connectivity index (χ2v) is 6.66. The highest BCUT2D eigenvalue weighted by Gasteiger charge is 2.28. The van der Waals surface area contributed by atoms with Gasteiger partial charge in [0.15, 0.2) is 12.3 Å². The van der Waals surface area contributed by atoms with Crippen molar-refractivity contribution < 1.29 is 18.7 Å². The predicted octanol–water partition coefficient (Wildman–Crippen LogP) is 3.17. The van der Waals surface area contributed by atoms with Crippen molar-refractivity contribution in [2.45, 2.75) is 40.2 Å². The smallest absolute Gasteiger partial charge is 0.275 e. The van der Waals surface area contributed by atoms with E-state index in [0.29, 0.717) is 30.4 Å². The number of ether oxygens (including phenoxy) is 1. The molecule has 3 rings (SSSR count). The van der Waals surface area contributed by atoms with Gasteiger partial charge < -0.3 is 14.1 Å². The van der Waals surface area contributed by atoms with Crippen molar-refractivity contribution in [2.75, 3.05) is 24.6 Å². The maximum Gasteiger partial charge on any atom is 0.275 e. The Morgan fingerprint density at radius 1 is 1.26 bits per heavy atom. The van der Waals surface area contributed by atoms with E-state index in [1.165, 1.54) is 6.26 Å². The molecule has 0 spiro atoms. The Bertz CT molecular complexity index is 824. The number of nitrogens with zero attached hydrogens (tertiary/aromatic N) is 3. The number of carbonyl (C=O) groups is 2. The van der Waals surface area contributed by atoms with E-state index in [1.807, 2.05) is 39.0 Å². The lowest BCUT2D eigenvalue weighted by atomic mass is 10.1. The van der Waals surface area contributed by atoms with Gasteiger partial charge in [-0.15, -0.1) is 0 Å². The Hall–Kier alpha value is -2.83. The molecular weight excluding hydrogens is 346 g/mol. The van der Waals surface area contributed by atoms with Gasteiger partial charge in [-0.05, 0) is 37.5 Å². The second kappa shape index (κ2) is 8.24. The molecule has 0 bridgehead atoms. The summed E-state index contributed by atoms with van der Waals surface area (Å²) in [6.45, 7) is 7.53. The van der Waals surface area contributed by atoms with E-state index in [9.17, 15) is 9.59 Å². The molecule has 1 aliphatic rings. The van der Waals surface area contributed by atoms with Gasteiger partial charge in [0.05, 0.1) is 5.69 Å². The molecule has 7 heteroatoms. The van der Waals surface area contributed by atoms with Crippen LogP contribution in [-0.2, 0) is 11.3 Å². The summed E-state index contributed by atoms with van der Waals surface area (Å²) >= 11 is 0. The summed E-state index contributed by atoms with van der Waals surface area (Å²) in [6.07, 6.45) is 3.14. The lowest BCUT2D eigenvalue weighted by Gasteiger charge is -2.28. The van der Waals surface area contributed by atoms with Crippen molar-refractivity contribution in [1.82, 2.24) is 9.88 Å². The molecule has 0 atom stereocenters. The van der Waals surface area contributed by atoms with Gasteiger partial charge in [-0.2, -0.15) is 0 Å². The van der Waals surface area contributed by atoms with Gasteiger partial charge in [0.1, 0.15) is 18.6 Å². The van der Waals surface area contributed by atoms with Crippen LogP contribution in [0.2, 0.25) is 0 Å². The predicted molar refractivity (Wildman–Crippen MR) is 101 cm³/mol. The third-order valence-electron chi connectivity index (χ3n) is 4.40. The van der Waals surface area contributed by atoms with Crippen LogP contribution in [0.15, 0.2) is 28.9 Å². The van der Waals surface area contributed by atoms with Crippen LogP contribution in [0, 0.1) is 6.92 Å². The lowest BCUT2D eigenvalue weighted by Crippen LogP contribution is -2.38. The highest BCUT2D eigenvalue weighted by molar-refractivity contribution is 5.97. The molecule has 27 heavy (non-hydrogen) atoms. The summed E-state index contributed by atoms with van der Waals surface area (Å²) < 4.78 is 11.0. The first-order valence-corrected chi connectivity index (χ1v) is 9.31. The minimum Gasteiger partial charge on any atom is -0.482 e. The molecule has 1 aromatic heterocycles. The summed E-state index contributed by atoms with van der Waals surface area (Å²) in [4.78, 5) is 32.7. The van der Waals surface area contributed by atoms with Crippen molar-refractivity contribution in [3.05, 3.63) is 41.6 Å². The fourth-order valence-corrected chi connectivity index (χ4v) is 3.12. The average molecular weight is 371 g/mol. The quantitative estimate of drug-likeness (QED) is 0.747. The molecule has 7 nitrogen and oxygen atoms in total. The zero-order valence-corrected chi connectivity index (χ0v) is 16.0. The number of aryl methyl sites for hydroxylation is 1. The summed E-state index contributed by atoms with van der Waals surface area (Å²) in [5.41, 5.74) is 1.99. The maximum absolute atomic E-state index is 12.6. The van der Waals surface area contributed by atoms with Crippen LogP contribution in [0.4, 0.5) is 5.69 Å². The number of fused-ring (bicyclic) bond motifs is 1. The molecule has 0 saturated carbocycles. The Balaban J connectivity index is 1.79. The van der Waals surface area contributed by atoms with Crippen LogP contribution in [0.3, 0.4) is 0 Å². The molecule has 0 unspecified atom stereocenters. The second-order valence-electron chi connectivity index (χ2n) is 6.66. The van der Waals surface area contributed by atoms with Crippen LogP contribution < -0.4 is 9.64 Å². The molecule has 144 valence electrons. The highest BCUT2D eigenvalue weighted by atomic mass is 16.5. The van der Waals surface area contributed by atoms with E-state index in [1.54, 1.807) is 9.80 Å². The first kappa shape index (κ1) is 18.9. The van der Waals surface area contributed by atoms with E-state index in [2.05, 4.69) is 4.98 Å². The monoisotopic (exact) mass is 371 g/mol. The summed E-state index contributed by atoms with van der Waals surface area (Å²) in [6, 6.07) is 5.68. The number of carbonyl (C=O) groups excluding carboxylic acids is 2. The maximum atomic E-state index is 12.6. The molecule has 0 aliphatic carbocycles. The molecular formula is C20H25N3O4. The van der Waals surface area contributed by atoms with Crippen molar-refractivity contribution in [3.63, 3.8) is 0 Å². The fraction of sp³-hybridized carbons (Fsp3) is 0.450. The average Bonchev–Trinajstić information content (AvgIpc) is 3.12. The molecule has 0 radical (unpaired) electrons. The van der Waals surface area contributed by atoms with Crippen molar-refractivity contribution >= 4 is 17.5 Å². The van der Waals surface area contributed by atoms with Crippen molar-refractivity contribution in [1.29, 1.82) is 0 Å². The first-order valence-electron chi connectivity index (χ1n) is 9.31. The van der Waals surface area contributed by atoms with Gasteiger partial charge in [-0.1, -0.05) is 19.9 Å². The van der Waals surface area contributed by atoms with Gasteiger partial charge in [0.2, 0.25) is 5.89 Å². The molecule has 2 amide bonds. The van der Waals surface area contributed by atoms with Gasteiger partial charge in [-0.25, -0.2) is 4.98 Å². The first-order chi connectivity index (χ1) is 13.0. The number of amides is 2. The Labute approximate surface area is 158 Å². The highest BCUT2D eigenvalue weighted by Crippen LogP contribution is 2.33. The summed E-state index contributed by atoms with van der Waals surface area (Å²) in [5, 5.41) is 0. The van der Waals surface area contributed by atoms with E-state index in [0.717, 1.165) is 18.4 Å². The van der Waals surface area contributed by atoms with Crippen LogP contribution in [0.25, 0.3) is 0 Å². The number of aromatic nitrogens is 1. The minimum absolute atomic E-state index is 0.0245. The number of hydrogen-bond donors (Lipinski definition) is 0. The van der Waals surface area contributed by atoms with E-state index >= 15 is 0 Å². The van der Waals surface area contributed by atoms with Crippen LogP contribution in [0.1, 0.15) is 48.6 Å². The molecule has 0 saturated heterocycles. The third-order valence-corrected chi connectivity index (χ3v) is 4.40. The molecule has 2 aromatic rings. The number of anilines is 1. The number of oxazole rings is 1. The lowest BCUT2D eigenvalue weighted by molar-refractivity contribution is -0.121. The number of hydrogen-bond acceptors (Lipinski definition) is 5. The summed E-state index contributed by atoms with van der Waals surface area (Å²) in [7, 11) is 0. The SMILES string of the molecule is CCCN(CCC)C(=O)c1coc(CN2C(=O)COc3ccc(C)cc32)n1. The van der Waals surface area contributed by atoms with E-state index < -0.39 is 0 Å². The third kappa shape index (κ3) is 4.13. The van der Waals surface area contributed by atoms with Gasteiger partial charge in [0.25, 0.3) is 11.8 Å². The molecule has 0 fully saturated rings. The zero-order valence-electron chi connectivity index (χ0n) is 16.0. The van der Waals surface area contributed by atoms with E-state index in [-0.39, 0.29) is 30.7 Å². The molecule has 2 heterocycles. The number of benzene rings is 1. The van der Waals surface area contributed by atoms with Crippen molar-refractivity contribution in [3.8, 4) is 5.75 Å². The molecule has 0 N–H and O–H groups in total. The van der Waals surface area contributed by atoms with Crippen LogP contribution in [0.5, 0.6) is 5.75 Å². The Morgan fingerprint density at radius 2 is 2.00 bits per heavy atom. The Kier molecular flexibility index (Phi) is 5.78. The fourth-order valence-electron chi connectivity index (χ4n) is 3.12. The van der Waals surface area contributed by atoms with Gasteiger partial charge >= 0.3 is 0 Å². The Morgan fingerprint density at radius 3 is 2.70 bits per heavy atom. The van der Waals surface area contributed by atoms with Gasteiger partial charge in [0, 0.05) is 13.1 Å². The molecule has 1 aromatic carbocycles. The van der Waals surface area contributed by atoms with Crippen LogP contribution >= 0.6 is 0 Å². The normalized spacial score (nSPS) is 13.3. The minimum atomic E-state index is -0.169. The zero-order chi connectivity index (χ0) is 19.4. The van der Waals surface area contributed by atoms with Gasteiger partial charge in [-0.3, -0.25) is 14.5 Å².